The summed E-state index contributed by atoms with van der Waals surface area (Å²) in [7, 11) is 1.73. The Kier molecular flexibility index (Phi) is 4.55. The van der Waals surface area contributed by atoms with Gasteiger partial charge in [-0.05, 0) is 46.3 Å². The maximum absolute atomic E-state index is 12.2. The summed E-state index contributed by atoms with van der Waals surface area (Å²) in [5.74, 6) is 0.341. The number of nitrogens with zero attached hydrogens (tertiary/aromatic N) is 1. The average Bonchev–Trinajstić information content (AvgIpc) is 2.41. The molecule has 1 aromatic heterocycles. The molecule has 0 saturated heterocycles. The second-order valence-corrected chi connectivity index (χ2v) is 5.50. The highest BCUT2D eigenvalue weighted by Gasteiger charge is 2.12. The van der Waals surface area contributed by atoms with E-state index in [1.165, 1.54) is 0 Å². The normalized spacial score (nSPS) is 10.1. The Morgan fingerprint density at radius 3 is 2.74 bits per heavy atom. The Balaban J connectivity index is 2.26. The minimum Gasteiger partial charge on any atom is -0.372 e. The molecule has 0 saturated carbocycles. The fourth-order valence-corrected chi connectivity index (χ4v) is 2.71. The van der Waals surface area contributed by atoms with Crippen LogP contribution in [0, 0.1) is 0 Å². The Bertz CT molecular complexity index is 617. The Hall–Kier alpha value is -1.40. The van der Waals surface area contributed by atoms with Gasteiger partial charge in [0.05, 0.1) is 11.3 Å². The highest BCUT2D eigenvalue weighted by Crippen LogP contribution is 2.27. The molecular weight excluding hydrogens is 374 g/mol. The van der Waals surface area contributed by atoms with Gasteiger partial charge in [-0.1, -0.05) is 15.9 Å². The first kappa shape index (κ1) is 14.0. The third kappa shape index (κ3) is 3.33. The molecule has 0 aliphatic rings. The van der Waals surface area contributed by atoms with E-state index in [1.54, 1.807) is 25.4 Å². The van der Waals surface area contributed by atoms with Crippen LogP contribution in [0.25, 0.3) is 0 Å². The van der Waals surface area contributed by atoms with Crippen molar-refractivity contribution in [2.45, 2.75) is 0 Å². The Morgan fingerprint density at radius 1 is 1.26 bits per heavy atom. The molecule has 1 heterocycles. The zero-order valence-electron chi connectivity index (χ0n) is 10.1. The van der Waals surface area contributed by atoms with Gasteiger partial charge in [-0.2, -0.15) is 0 Å². The van der Waals surface area contributed by atoms with E-state index in [-0.39, 0.29) is 5.91 Å². The number of benzene rings is 1. The minimum atomic E-state index is -0.208. The molecule has 0 aliphatic heterocycles. The van der Waals surface area contributed by atoms with Crippen molar-refractivity contribution in [1.29, 1.82) is 0 Å². The molecule has 2 N–H and O–H groups in total. The van der Waals surface area contributed by atoms with Gasteiger partial charge in [0.2, 0.25) is 0 Å². The first-order chi connectivity index (χ1) is 9.11. The van der Waals surface area contributed by atoms with Crippen molar-refractivity contribution in [2.24, 2.45) is 0 Å². The maximum atomic E-state index is 12.2. The minimum absolute atomic E-state index is 0.208. The zero-order valence-corrected chi connectivity index (χ0v) is 13.2. The third-order valence-corrected chi connectivity index (χ3v) is 3.62. The number of pyridine rings is 1. The highest BCUT2D eigenvalue weighted by molar-refractivity contribution is 9.11. The summed E-state index contributed by atoms with van der Waals surface area (Å²) >= 11 is 6.78. The first-order valence-electron chi connectivity index (χ1n) is 5.51. The van der Waals surface area contributed by atoms with E-state index in [1.807, 2.05) is 18.2 Å². The van der Waals surface area contributed by atoms with Gasteiger partial charge in [-0.25, -0.2) is 4.98 Å². The number of nitrogens with one attached hydrogen (secondary N) is 2. The van der Waals surface area contributed by atoms with E-state index < -0.39 is 0 Å². The number of halogens is 2. The fourth-order valence-electron chi connectivity index (χ4n) is 1.57. The van der Waals surface area contributed by atoms with Gasteiger partial charge < -0.3 is 10.6 Å². The molecule has 0 aliphatic carbocycles. The summed E-state index contributed by atoms with van der Waals surface area (Å²) < 4.78 is 1.75. The molecule has 0 atom stereocenters. The number of carbonyl (C=O) groups is 1. The molecule has 0 radical (unpaired) electrons. The molecule has 2 rings (SSSR count). The summed E-state index contributed by atoms with van der Waals surface area (Å²) in [6.07, 6.45) is 1.64. The van der Waals surface area contributed by atoms with Gasteiger partial charge >= 0.3 is 0 Å². The van der Waals surface area contributed by atoms with Crippen molar-refractivity contribution in [3.8, 4) is 0 Å². The monoisotopic (exact) mass is 383 g/mol. The van der Waals surface area contributed by atoms with E-state index in [9.17, 15) is 4.79 Å². The Morgan fingerprint density at radius 2 is 2.05 bits per heavy atom. The van der Waals surface area contributed by atoms with Crippen LogP contribution in [-0.2, 0) is 0 Å². The summed E-state index contributed by atoms with van der Waals surface area (Å²) in [5.41, 5.74) is 1.21. The van der Waals surface area contributed by atoms with Gasteiger partial charge in [0.25, 0.3) is 5.91 Å². The molecule has 1 amide bonds. The number of amides is 1. The van der Waals surface area contributed by atoms with E-state index in [4.69, 9.17) is 0 Å². The van der Waals surface area contributed by atoms with Gasteiger partial charge in [0.15, 0.2) is 0 Å². The van der Waals surface area contributed by atoms with Crippen LogP contribution in [0.1, 0.15) is 10.4 Å². The van der Waals surface area contributed by atoms with E-state index in [2.05, 4.69) is 47.5 Å². The smallest absolute Gasteiger partial charge is 0.259 e. The number of carbonyl (C=O) groups excluding carboxylic acids is 1. The Labute approximate surface area is 127 Å². The van der Waals surface area contributed by atoms with Gasteiger partial charge in [0, 0.05) is 22.2 Å². The van der Waals surface area contributed by atoms with Crippen LogP contribution in [0.5, 0.6) is 0 Å². The zero-order chi connectivity index (χ0) is 13.8. The van der Waals surface area contributed by atoms with E-state index >= 15 is 0 Å². The van der Waals surface area contributed by atoms with Crippen molar-refractivity contribution in [2.75, 3.05) is 17.7 Å². The number of hydrogen-bond acceptors (Lipinski definition) is 3. The van der Waals surface area contributed by atoms with Gasteiger partial charge in [-0.15, -0.1) is 0 Å². The fraction of sp³-hybridized carbons (Fsp3) is 0.0769. The van der Waals surface area contributed by atoms with Crippen molar-refractivity contribution in [3.63, 3.8) is 0 Å². The second-order valence-electron chi connectivity index (χ2n) is 3.73. The lowest BCUT2D eigenvalue weighted by Crippen LogP contribution is -2.15. The molecule has 2 aromatic rings. The average molecular weight is 385 g/mol. The van der Waals surface area contributed by atoms with Crippen molar-refractivity contribution in [3.05, 3.63) is 51.0 Å². The van der Waals surface area contributed by atoms with Crippen LogP contribution in [0.2, 0.25) is 0 Å². The lowest BCUT2D eigenvalue weighted by atomic mass is 10.2. The van der Waals surface area contributed by atoms with Crippen molar-refractivity contribution < 1.29 is 4.79 Å². The lowest BCUT2D eigenvalue weighted by molar-refractivity contribution is 0.102. The molecule has 6 heteroatoms. The summed E-state index contributed by atoms with van der Waals surface area (Å²) in [4.78, 5) is 16.3. The molecular formula is C13H11Br2N3O. The quantitative estimate of drug-likeness (QED) is 0.843. The van der Waals surface area contributed by atoms with Crippen LogP contribution in [0.3, 0.4) is 0 Å². The van der Waals surface area contributed by atoms with Crippen molar-refractivity contribution in [1.82, 2.24) is 4.98 Å². The van der Waals surface area contributed by atoms with Crippen LogP contribution in [0.15, 0.2) is 45.5 Å². The second kappa shape index (κ2) is 6.16. The van der Waals surface area contributed by atoms with Crippen LogP contribution < -0.4 is 10.6 Å². The lowest BCUT2D eigenvalue weighted by Gasteiger charge is -2.10. The van der Waals surface area contributed by atoms with Crippen molar-refractivity contribution >= 4 is 49.3 Å². The molecule has 1 aromatic carbocycles. The molecule has 19 heavy (non-hydrogen) atoms. The predicted molar refractivity (Wildman–Crippen MR) is 83.6 cm³/mol. The molecule has 98 valence electrons. The van der Waals surface area contributed by atoms with Gasteiger partial charge in [0.1, 0.15) is 5.82 Å². The standard InChI is InChI=1S/C13H11Br2N3O/c1-16-12-9(3-2-6-17-12)13(19)18-11-5-4-8(14)7-10(11)15/h2-7H,1H3,(H,16,17)(H,18,19). The summed E-state index contributed by atoms with van der Waals surface area (Å²) in [5, 5.41) is 5.74. The molecule has 0 bridgehead atoms. The first-order valence-corrected chi connectivity index (χ1v) is 7.09. The largest absolute Gasteiger partial charge is 0.372 e. The highest BCUT2D eigenvalue weighted by atomic mass is 79.9. The maximum Gasteiger partial charge on any atom is 0.259 e. The van der Waals surface area contributed by atoms with E-state index in [0.29, 0.717) is 17.1 Å². The van der Waals surface area contributed by atoms with Crippen LogP contribution in [-0.4, -0.2) is 17.9 Å². The molecule has 0 spiro atoms. The van der Waals surface area contributed by atoms with E-state index in [0.717, 1.165) is 8.95 Å². The summed E-state index contributed by atoms with van der Waals surface area (Å²) in [6, 6.07) is 9.01. The number of anilines is 2. The third-order valence-electron chi connectivity index (χ3n) is 2.47. The van der Waals surface area contributed by atoms with Crippen LogP contribution >= 0.6 is 31.9 Å². The molecule has 0 fully saturated rings. The van der Waals surface area contributed by atoms with Gasteiger partial charge in [-0.3, -0.25) is 4.79 Å². The number of rotatable bonds is 3. The predicted octanol–water partition coefficient (Wildman–Crippen LogP) is 3.90. The topological polar surface area (TPSA) is 54.0 Å². The van der Waals surface area contributed by atoms with Crippen LogP contribution in [0.4, 0.5) is 11.5 Å². The molecule has 0 unspecified atom stereocenters. The SMILES string of the molecule is CNc1ncccc1C(=O)Nc1ccc(Br)cc1Br. The number of hydrogen-bond donors (Lipinski definition) is 2. The number of aromatic nitrogens is 1. The molecule has 4 nitrogen and oxygen atoms in total. The summed E-state index contributed by atoms with van der Waals surface area (Å²) in [6.45, 7) is 0.